The van der Waals surface area contributed by atoms with Crippen LogP contribution in [0.3, 0.4) is 0 Å². The third-order valence-electron chi connectivity index (χ3n) is 3.36. The lowest BCUT2D eigenvalue weighted by molar-refractivity contribution is -0.173. The molecule has 2 fully saturated rings. The Hall–Kier alpha value is -0.740. The van der Waals surface area contributed by atoms with Gasteiger partial charge in [-0.05, 0) is 13.8 Å². The van der Waals surface area contributed by atoms with Crippen LogP contribution in [0.15, 0.2) is 0 Å². The van der Waals surface area contributed by atoms with Gasteiger partial charge in [0, 0.05) is 12.8 Å². The second kappa shape index (κ2) is 4.63. The summed E-state index contributed by atoms with van der Waals surface area (Å²) in [5.41, 5.74) is -2.10. The van der Waals surface area contributed by atoms with Gasteiger partial charge in [0.05, 0.1) is 12.4 Å². The minimum absolute atomic E-state index is 0.181. The number of hydrogen-bond acceptors (Lipinski definition) is 7. The second-order valence-electron chi connectivity index (χ2n) is 5.72. The Bertz CT molecular complexity index is 513. The molecule has 2 aliphatic rings. The van der Waals surface area contributed by atoms with E-state index in [1.165, 1.54) is 0 Å². The predicted molar refractivity (Wildman–Crippen MR) is 65.4 cm³/mol. The van der Waals surface area contributed by atoms with E-state index in [-0.39, 0.29) is 12.8 Å². The summed E-state index contributed by atoms with van der Waals surface area (Å²) in [6.45, 7) is 3.26. The molecule has 0 aromatic rings. The zero-order valence-electron chi connectivity index (χ0n) is 11.4. The minimum Gasteiger partial charge on any atom is -0.479 e. The molecule has 1 aliphatic carbocycles. The summed E-state index contributed by atoms with van der Waals surface area (Å²) < 4.78 is 38.5. The number of carboxylic acid groups (broad SMARTS) is 1. The van der Waals surface area contributed by atoms with E-state index in [0.29, 0.717) is 0 Å². The molecule has 0 spiro atoms. The number of ether oxygens (including phenoxy) is 2. The van der Waals surface area contributed by atoms with Crippen molar-refractivity contribution in [3.8, 4) is 0 Å². The maximum Gasteiger partial charge on any atom is 0.335 e. The fourth-order valence-electron chi connectivity index (χ4n) is 2.69. The Morgan fingerprint density at radius 2 is 1.90 bits per heavy atom. The molecule has 0 aromatic heterocycles. The topological polar surface area (TPSA) is 119 Å². The quantitative estimate of drug-likeness (QED) is 0.667. The first-order valence-electron chi connectivity index (χ1n) is 6.12. The third-order valence-corrected chi connectivity index (χ3v) is 3.96. The average Bonchev–Trinajstić information content (AvgIpc) is 2.49. The molecular formula is C11H18O8S. The van der Waals surface area contributed by atoms with Crippen molar-refractivity contribution in [1.29, 1.82) is 0 Å². The van der Waals surface area contributed by atoms with Gasteiger partial charge in [-0.3, -0.25) is 4.18 Å². The van der Waals surface area contributed by atoms with Crippen molar-refractivity contribution in [1.82, 2.24) is 0 Å². The highest BCUT2D eigenvalue weighted by Gasteiger charge is 2.57. The fourth-order valence-corrected chi connectivity index (χ4v) is 3.32. The molecule has 0 radical (unpaired) electrons. The van der Waals surface area contributed by atoms with E-state index >= 15 is 0 Å². The van der Waals surface area contributed by atoms with Gasteiger partial charge < -0.3 is 19.7 Å². The van der Waals surface area contributed by atoms with Crippen LogP contribution in [0.1, 0.15) is 26.7 Å². The monoisotopic (exact) mass is 310 g/mol. The summed E-state index contributed by atoms with van der Waals surface area (Å²) in [5, 5.41) is 19.2. The van der Waals surface area contributed by atoms with Crippen molar-refractivity contribution >= 4 is 16.1 Å². The Kier molecular flexibility index (Phi) is 3.63. The molecule has 0 bridgehead atoms. The molecule has 2 rings (SSSR count). The van der Waals surface area contributed by atoms with Crippen molar-refractivity contribution in [2.75, 3.05) is 6.26 Å². The van der Waals surface area contributed by atoms with E-state index in [0.717, 1.165) is 6.26 Å². The highest BCUT2D eigenvalue weighted by molar-refractivity contribution is 7.86. The van der Waals surface area contributed by atoms with Crippen LogP contribution in [0.5, 0.6) is 0 Å². The summed E-state index contributed by atoms with van der Waals surface area (Å²) in [6, 6.07) is 0. The molecule has 1 heterocycles. The van der Waals surface area contributed by atoms with Crippen LogP contribution in [0, 0.1) is 0 Å². The highest BCUT2D eigenvalue weighted by Crippen LogP contribution is 2.42. The first kappa shape index (κ1) is 15.6. The Morgan fingerprint density at radius 3 is 2.40 bits per heavy atom. The van der Waals surface area contributed by atoms with Gasteiger partial charge in [-0.2, -0.15) is 8.42 Å². The molecule has 20 heavy (non-hydrogen) atoms. The number of hydrogen-bond donors (Lipinski definition) is 2. The minimum atomic E-state index is -3.82. The molecule has 116 valence electrons. The number of carbonyl (C=O) groups is 1. The maximum atomic E-state index is 11.3. The van der Waals surface area contributed by atoms with Crippen LogP contribution in [0.4, 0.5) is 0 Å². The van der Waals surface area contributed by atoms with Crippen LogP contribution in [-0.2, 0) is 28.6 Å². The lowest BCUT2D eigenvalue weighted by Crippen LogP contribution is -2.56. The largest absolute Gasteiger partial charge is 0.479 e. The van der Waals surface area contributed by atoms with Gasteiger partial charge in [0.25, 0.3) is 10.1 Å². The Labute approximate surface area is 116 Å². The molecule has 8 nitrogen and oxygen atoms in total. The number of carboxylic acids is 1. The molecular weight excluding hydrogens is 292 g/mol. The first-order chi connectivity index (χ1) is 8.92. The summed E-state index contributed by atoms with van der Waals surface area (Å²) >= 11 is 0. The summed E-state index contributed by atoms with van der Waals surface area (Å²) in [5.74, 6) is -2.43. The normalized spacial score (nSPS) is 40.3. The van der Waals surface area contributed by atoms with E-state index in [1.54, 1.807) is 13.8 Å². The lowest BCUT2D eigenvalue weighted by atomic mass is 9.80. The van der Waals surface area contributed by atoms with E-state index in [2.05, 4.69) is 0 Å². The summed E-state index contributed by atoms with van der Waals surface area (Å²) in [7, 11) is -3.82. The highest BCUT2D eigenvalue weighted by atomic mass is 32.2. The SMILES string of the molecule is CC1(C)O[C@@H]2[C@@H](C[C@@](O)(C(=O)O)C[C@H]2OS(C)(=O)=O)O1. The van der Waals surface area contributed by atoms with Gasteiger partial charge in [0.15, 0.2) is 11.4 Å². The Morgan fingerprint density at radius 1 is 1.30 bits per heavy atom. The zero-order valence-corrected chi connectivity index (χ0v) is 12.2. The van der Waals surface area contributed by atoms with Crippen LogP contribution in [0.2, 0.25) is 0 Å². The van der Waals surface area contributed by atoms with E-state index in [9.17, 15) is 18.3 Å². The van der Waals surface area contributed by atoms with Gasteiger partial charge in [0.2, 0.25) is 0 Å². The second-order valence-corrected chi connectivity index (χ2v) is 7.32. The van der Waals surface area contributed by atoms with Crippen molar-refractivity contribution in [2.24, 2.45) is 0 Å². The molecule has 0 aromatic carbocycles. The molecule has 1 aliphatic heterocycles. The maximum absolute atomic E-state index is 11.3. The number of aliphatic carboxylic acids is 1. The molecule has 0 amide bonds. The van der Waals surface area contributed by atoms with Crippen LogP contribution in [-0.4, -0.2) is 60.6 Å². The fraction of sp³-hybridized carbons (Fsp3) is 0.909. The van der Waals surface area contributed by atoms with Gasteiger partial charge in [-0.25, -0.2) is 4.79 Å². The average molecular weight is 310 g/mol. The first-order valence-corrected chi connectivity index (χ1v) is 7.93. The van der Waals surface area contributed by atoms with Crippen molar-refractivity contribution in [3.63, 3.8) is 0 Å². The zero-order chi connectivity index (χ0) is 15.3. The van der Waals surface area contributed by atoms with Crippen LogP contribution >= 0.6 is 0 Å². The van der Waals surface area contributed by atoms with Crippen LogP contribution in [0.25, 0.3) is 0 Å². The molecule has 4 atom stereocenters. The molecule has 1 saturated heterocycles. The lowest BCUT2D eigenvalue weighted by Gasteiger charge is -2.38. The molecule has 0 unspecified atom stereocenters. The van der Waals surface area contributed by atoms with Crippen molar-refractivity contribution < 1.29 is 37.1 Å². The predicted octanol–water partition coefficient (Wildman–Crippen LogP) is -0.539. The van der Waals surface area contributed by atoms with Gasteiger partial charge in [-0.15, -0.1) is 0 Å². The van der Waals surface area contributed by atoms with Gasteiger partial charge in [0.1, 0.15) is 12.2 Å². The standard InChI is InChI=1S/C11H18O8S/c1-10(2)17-6-4-11(14,9(12)13)5-7(8(6)18-10)19-20(3,15)16/h6-8,14H,4-5H2,1-3H3,(H,12,13)/t6-,7-,8-,11+/m1/s1. The molecule has 1 saturated carbocycles. The van der Waals surface area contributed by atoms with E-state index in [1.807, 2.05) is 0 Å². The third kappa shape index (κ3) is 3.12. The Balaban J connectivity index is 2.30. The summed E-state index contributed by atoms with van der Waals surface area (Å²) in [4.78, 5) is 11.2. The molecule has 9 heteroatoms. The van der Waals surface area contributed by atoms with Crippen molar-refractivity contribution in [3.05, 3.63) is 0 Å². The number of fused-ring (bicyclic) bond motifs is 1. The van der Waals surface area contributed by atoms with Crippen molar-refractivity contribution in [2.45, 2.75) is 56.4 Å². The van der Waals surface area contributed by atoms with E-state index < -0.39 is 45.8 Å². The summed E-state index contributed by atoms with van der Waals surface area (Å²) in [6.07, 6.45) is -2.29. The number of rotatable bonds is 3. The smallest absolute Gasteiger partial charge is 0.335 e. The molecule has 2 N–H and O–H groups in total. The van der Waals surface area contributed by atoms with Gasteiger partial charge >= 0.3 is 5.97 Å². The van der Waals surface area contributed by atoms with Crippen LogP contribution < -0.4 is 0 Å². The number of aliphatic hydroxyl groups is 1. The van der Waals surface area contributed by atoms with Gasteiger partial charge in [-0.1, -0.05) is 0 Å². The van der Waals surface area contributed by atoms with E-state index in [4.69, 9.17) is 18.8 Å².